The largest absolute Gasteiger partial charge is 0.392 e. The van der Waals surface area contributed by atoms with E-state index in [-0.39, 0.29) is 5.91 Å². The van der Waals surface area contributed by atoms with Crippen LogP contribution in [0.25, 0.3) is 10.8 Å². The van der Waals surface area contributed by atoms with Crippen LogP contribution in [0.5, 0.6) is 0 Å². The van der Waals surface area contributed by atoms with E-state index in [9.17, 15) is 4.79 Å². The maximum Gasteiger partial charge on any atom is 0.237 e. The molecule has 1 amide bonds. The van der Waals surface area contributed by atoms with E-state index >= 15 is 0 Å². The highest BCUT2D eigenvalue weighted by atomic mass is 79.9. The fourth-order valence-corrected chi connectivity index (χ4v) is 2.93. The van der Waals surface area contributed by atoms with E-state index in [1.165, 1.54) is 0 Å². The molecule has 2 aromatic carbocycles. The molecular formula is C15H13BrN2OS. The van der Waals surface area contributed by atoms with E-state index in [2.05, 4.69) is 21.2 Å². The number of anilines is 1. The maximum atomic E-state index is 12.2. The average Bonchev–Trinajstić information content (AvgIpc) is 3.20. The Morgan fingerprint density at radius 3 is 2.50 bits per heavy atom. The molecule has 0 aliphatic heterocycles. The summed E-state index contributed by atoms with van der Waals surface area (Å²) in [5.74, 6) is -0.0959. The van der Waals surface area contributed by atoms with Gasteiger partial charge in [0, 0.05) is 10.2 Å². The Balaban J connectivity index is 1.86. The third-order valence-corrected chi connectivity index (χ3v) is 4.60. The first-order valence-corrected chi connectivity index (χ1v) is 7.52. The van der Waals surface area contributed by atoms with Gasteiger partial charge < -0.3 is 11.1 Å². The maximum absolute atomic E-state index is 12.2. The minimum atomic E-state index is -0.621. The number of halogens is 1. The number of nitrogens with one attached hydrogen (secondary N) is 1. The van der Waals surface area contributed by atoms with E-state index < -0.39 is 5.41 Å². The number of rotatable bonds is 3. The normalized spacial score (nSPS) is 15.8. The molecule has 1 aliphatic rings. The van der Waals surface area contributed by atoms with Crippen LogP contribution in [0, 0.1) is 5.41 Å². The monoisotopic (exact) mass is 348 g/mol. The SMILES string of the molecule is NC(=S)C1(C(=O)Nc2ccc3cc(Br)ccc3c2)CC1. The summed E-state index contributed by atoms with van der Waals surface area (Å²) in [6.07, 6.45) is 1.49. The first-order valence-electron chi connectivity index (χ1n) is 6.32. The van der Waals surface area contributed by atoms with Gasteiger partial charge in [-0.25, -0.2) is 0 Å². The molecule has 3 nitrogen and oxygen atoms in total. The lowest BCUT2D eigenvalue weighted by atomic mass is 10.1. The fraction of sp³-hybridized carbons (Fsp3) is 0.200. The van der Waals surface area contributed by atoms with Gasteiger partial charge in [-0.2, -0.15) is 0 Å². The third-order valence-electron chi connectivity index (χ3n) is 3.72. The van der Waals surface area contributed by atoms with E-state index in [0.717, 1.165) is 33.8 Å². The Bertz CT molecular complexity index is 725. The van der Waals surface area contributed by atoms with Gasteiger partial charge in [-0.05, 0) is 47.9 Å². The van der Waals surface area contributed by atoms with Gasteiger partial charge >= 0.3 is 0 Å². The second-order valence-electron chi connectivity index (χ2n) is 5.11. The molecule has 0 radical (unpaired) electrons. The van der Waals surface area contributed by atoms with Gasteiger partial charge in [0.25, 0.3) is 0 Å². The van der Waals surface area contributed by atoms with E-state index in [4.69, 9.17) is 18.0 Å². The quantitative estimate of drug-likeness (QED) is 0.833. The van der Waals surface area contributed by atoms with Crippen LogP contribution in [0.4, 0.5) is 5.69 Å². The molecule has 0 bridgehead atoms. The van der Waals surface area contributed by atoms with E-state index in [0.29, 0.717) is 4.99 Å². The number of hydrogen-bond acceptors (Lipinski definition) is 2. The second-order valence-corrected chi connectivity index (χ2v) is 6.46. The van der Waals surface area contributed by atoms with Gasteiger partial charge in [-0.15, -0.1) is 0 Å². The smallest absolute Gasteiger partial charge is 0.237 e. The molecule has 0 atom stereocenters. The zero-order valence-electron chi connectivity index (χ0n) is 10.7. The van der Waals surface area contributed by atoms with Crippen molar-refractivity contribution in [3.05, 3.63) is 40.9 Å². The fourth-order valence-electron chi connectivity index (χ4n) is 2.26. The average molecular weight is 349 g/mol. The van der Waals surface area contributed by atoms with Gasteiger partial charge in [0.2, 0.25) is 5.91 Å². The highest BCUT2D eigenvalue weighted by Crippen LogP contribution is 2.46. The summed E-state index contributed by atoms with van der Waals surface area (Å²) >= 11 is 8.43. The van der Waals surface area contributed by atoms with Gasteiger partial charge in [-0.3, -0.25) is 4.79 Å². The van der Waals surface area contributed by atoms with Crippen LogP contribution in [0.2, 0.25) is 0 Å². The number of thiocarbonyl (C=S) groups is 1. The molecule has 3 rings (SSSR count). The van der Waals surface area contributed by atoms with E-state index in [1.807, 2.05) is 36.4 Å². The first-order chi connectivity index (χ1) is 9.51. The Labute approximate surface area is 130 Å². The molecule has 0 aromatic heterocycles. The summed E-state index contributed by atoms with van der Waals surface area (Å²) in [5.41, 5.74) is 5.81. The van der Waals surface area contributed by atoms with Gasteiger partial charge in [-0.1, -0.05) is 40.3 Å². The Hall–Kier alpha value is -1.46. The topological polar surface area (TPSA) is 55.1 Å². The number of hydrogen-bond donors (Lipinski definition) is 2. The summed E-state index contributed by atoms with van der Waals surface area (Å²) in [6.45, 7) is 0. The van der Waals surface area contributed by atoms with Crippen molar-refractivity contribution in [2.75, 3.05) is 5.32 Å². The number of fused-ring (bicyclic) bond motifs is 1. The molecule has 20 heavy (non-hydrogen) atoms. The Morgan fingerprint density at radius 2 is 1.85 bits per heavy atom. The Kier molecular flexibility index (Phi) is 3.26. The molecule has 2 aromatic rings. The van der Waals surface area contributed by atoms with Gasteiger partial charge in [0.05, 0.1) is 10.4 Å². The lowest BCUT2D eigenvalue weighted by Crippen LogP contribution is -2.34. The van der Waals surface area contributed by atoms with Crippen LogP contribution < -0.4 is 11.1 Å². The van der Waals surface area contributed by atoms with Crippen molar-refractivity contribution in [3.63, 3.8) is 0 Å². The predicted molar refractivity (Wildman–Crippen MR) is 88.7 cm³/mol. The minimum Gasteiger partial charge on any atom is -0.392 e. The summed E-state index contributed by atoms with van der Waals surface area (Å²) < 4.78 is 1.03. The lowest BCUT2D eigenvalue weighted by Gasteiger charge is -2.14. The summed E-state index contributed by atoms with van der Waals surface area (Å²) in [7, 11) is 0. The number of amides is 1. The van der Waals surface area contributed by atoms with Crippen molar-refractivity contribution >= 4 is 55.5 Å². The van der Waals surface area contributed by atoms with Crippen molar-refractivity contribution in [2.45, 2.75) is 12.8 Å². The highest BCUT2D eigenvalue weighted by Gasteiger charge is 2.52. The third kappa shape index (κ3) is 2.31. The van der Waals surface area contributed by atoms with Crippen LogP contribution >= 0.6 is 28.1 Å². The molecule has 1 saturated carbocycles. The molecule has 0 unspecified atom stereocenters. The minimum absolute atomic E-state index is 0.0959. The van der Waals surface area contributed by atoms with E-state index in [1.54, 1.807) is 0 Å². The molecule has 1 aliphatic carbocycles. The molecule has 3 N–H and O–H groups in total. The summed E-state index contributed by atoms with van der Waals surface area (Å²) in [4.78, 5) is 12.5. The molecule has 0 saturated heterocycles. The molecular weight excluding hydrogens is 336 g/mol. The molecule has 5 heteroatoms. The van der Waals surface area contributed by atoms with Crippen LogP contribution in [0.15, 0.2) is 40.9 Å². The molecule has 1 fully saturated rings. The first kappa shape index (κ1) is 13.5. The number of benzene rings is 2. The predicted octanol–water partition coefficient (Wildman–Crippen LogP) is 3.61. The lowest BCUT2D eigenvalue weighted by molar-refractivity contribution is -0.118. The summed E-state index contributed by atoms with van der Waals surface area (Å²) in [5, 5.41) is 5.11. The number of nitrogens with two attached hydrogens (primary N) is 1. The van der Waals surface area contributed by atoms with Crippen molar-refractivity contribution in [1.29, 1.82) is 0 Å². The molecule has 0 spiro atoms. The highest BCUT2D eigenvalue weighted by molar-refractivity contribution is 9.10. The second kappa shape index (κ2) is 4.82. The molecule has 0 heterocycles. The van der Waals surface area contributed by atoms with Crippen LogP contribution in [0.1, 0.15) is 12.8 Å². The number of carbonyl (C=O) groups excluding carboxylic acids is 1. The van der Waals surface area contributed by atoms with Crippen LogP contribution in [0.3, 0.4) is 0 Å². The van der Waals surface area contributed by atoms with Crippen molar-refractivity contribution < 1.29 is 4.79 Å². The zero-order chi connectivity index (χ0) is 14.3. The van der Waals surface area contributed by atoms with Gasteiger partial charge in [0.1, 0.15) is 0 Å². The molecule has 102 valence electrons. The standard InChI is InChI=1S/C15H13BrN2OS/c16-11-3-1-10-8-12(4-2-9(10)7-11)18-14(19)15(5-6-15)13(17)20/h1-4,7-8H,5-6H2,(H2,17,20)(H,18,19). The summed E-state index contributed by atoms with van der Waals surface area (Å²) in [6, 6.07) is 11.9. The van der Waals surface area contributed by atoms with Crippen LogP contribution in [-0.2, 0) is 4.79 Å². The zero-order valence-corrected chi connectivity index (χ0v) is 13.1. The van der Waals surface area contributed by atoms with Crippen molar-refractivity contribution in [3.8, 4) is 0 Å². The van der Waals surface area contributed by atoms with Crippen LogP contribution in [-0.4, -0.2) is 10.9 Å². The Morgan fingerprint density at radius 1 is 1.20 bits per heavy atom. The van der Waals surface area contributed by atoms with Crippen molar-refractivity contribution in [2.24, 2.45) is 11.1 Å². The number of carbonyl (C=O) groups is 1. The van der Waals surface area contributed by atoms with Gasteiger partial charge in [0.15, 0.2) is 0 Å². The van der Waals surface area contributed by atoms with Crippen molar-refractivity contribution in [1.82, 2.24) is 0 Å².